The summed E-state index contributed by atoms with van der Waals surface area (Å²) in [5.74, 6) is -4.44. The largest absolute Gasteiger partial charge is 0.480 e. The van der Waals surface area contributed by atoms with E-state index >= 15 is 0 Å². The highest BCUT2D eigenvalue weighted by Gasteiger charge is 2.49. The second kappa shape index (κ2) is 13.2. The van der Waals surface area contributed by atoms with Crippen LogP contribution in [-0.2, 0) is 41.5 Å². The fourth-order valence-corrected chi connectivity index (χ4v) is 4.96. The van der Waals surface area contributed by atoms with Crippen molar-refractivity contribution in [1.29, 1.82) is 0 Å². The number of aryl methyl sites for hydroxylation is 2. The van der Waals surface area contributed by atoms with Crippen LogP contribution in [0.25, 0.3) is 0 Å². The molecule has 0 aromatic heterocycles. The molecule has 1 saturated heterocycles. The van der Waals surface area contributed by atoms with Gasteiger partial charge in [-0.05, 0) is 42.9 Å². The van der Waals surface area contributed by atoms with Crippen LogP contribution in [0.1, 0.15) is 24.0 Å². The zero-order valence-corrected chi connectivity index (χ0v) is 21.9. The van der Waals surface area contributed by atoms with E-state index < -0.39 is 73.1 Å². The molecule has 220 valence electrons. The van der Waals surface area contributed by atoms with Gasteiger partial charge in [-0.3, -0.25) is 24.6 Å². The van der Waals surface area contributed by atoms with Gasteiger partial charge in [0.15, 0.2) is 6.10 Å². The summed E-state index contributed by atoms with van der Waals surface area (Å²) in [5, 5.41) is 52.1. The third kappa shape index (κ3) is 7.07. The second-order valence-electron chi connectivity index (χ2n) is 9.95. The number of benzene rings is 2. The van der Waals surface area contributed by atoms with Crippen molar-refractivity contribution in [3.05, 3.63) is 65.7 Å². The van der Waals surface area contributed by atoms with Crippen molar-refractivity contribution in [2.45, 2.75) is 68.5 Å². The molecule has 0 radical (unpaired) electrons. The number of aliphatic hydroxyl groups is 3. The summed E-state index contributed by atoms with van der Waals surface area (Å²) in [4.78, 5) is 51.2. The van der Waals surface area contributed by atoms with Crippen molar-refractivity contribution < 1.29 is 54.2 Å². The number of esters is 1. The lowest BCUT2D eigenvalue weighted by atomic mass is 9.99. The topological polar surface area (TPSA) is 203 Å². The predicted octanol–water partition coefficient (Wildman–Crippen LogP) is -0.555. The number of rotatable bonds is 10. The molecule has 13 heteroatoms. The van der Waals surface area contributed by atoms with E-state index in [1.54, 1.807) is 24.3 Å². The van der Waals surface area contributed by atoms with Gasteiger partial charge in [0.05, 0.1) is 6.04 Å². The number of carbonyl (C=O) groups is 4. The van der Waals surface area contributed by atoms with Crippen LogP contribution >= 0.6 is 0 Å². The molecule has 5 unspecified atom stereocenters. The molecule has 2 aromatic carbocycles. The van der Waals surface area contributed by atoms with Gasteiger partial charge in [0.2, 0.25) is 12.2 Å². The van der Waals surface area contributed by atoms with Crippen LogP contribution in [0.3, 0.4) is 0 Å². The van der Waals surface area contributed by atoms with E-state index in [0.717, 1.165) is 16.0 Å². The van der Waals surface area contributed by atoms with Crippen molar-refractivity contribution in [1.82, 2.24) is 5.32 Å². The van der Waals surface area contributed by atoms with Crippen molar-refractivity contribution in [2.75, 3.05) is 11.4 Å². The number of nitrogens with one attached hydrogen (secondary N) is 1. The highest BCUT2D eigenvalue weighted by Crippen LogP contribution is 2.28. The first kappa shape index (κ1) is 30.1. The smallest absolute Gasteiger partial charge is 0.335 e. The number of aliphatic carboxylic acids is 2. The molecule has 2 aliphatic rings. The quantitative estimate of drug-likeness (QED) is 0.199. The Bertz CT molecular complexity index is 1260. The molecule has 13 nitrogen and oxygen atoms in total. The van der Waals surface area contributed by atoms with Crippen LogP contribution in [0, 0.1) is 0 Å². The van der Waals surface area contributed by atoms with Gasteiger partial charge in [0.25, 0.3) is 0 Å². The number of hydrogen-bond acceptors (Lipinski definition) is 10. The lowest BCUT2D eigenvalue weighted by Gasteiger charge is -2.38. The van der Waals surface area contributed by atoms with Crippen molar-refractivity contribution >= 4 is 29.5 Å². The van der Waals surface area contributed by atoms with Crippen LogP contribution in [0.15, 0.2) is 54.6 Å². The lowest BCUT2D eigenvalue weighted by molar-refractivity contribution is -0.285. The predicted molar refractivity (Wildman–Crippen MR) is 141 cm³/mol. The van der Waals surface area contributed by atoms with Gasteiger partial charge >= 0.3 is 17.9 Å². The maximum Gasteiger partial charge on any atom is 0.335 e. The van der Waals surface area contributed by atoms with Crippen LogP contribution in [-0.4, -0.2) is 98.7 Å². The molecule has 2 aromatic rings. The Morgan fingerprint density at radius 1 is 0.976 bits per heavy atom. The summed E-state index contributed by atoms with van der Waals surface area (Å²) < 4.78 is 10.1. The van der Waals surface area contributed by atoms with E-state index in [0.29, 0.717) is 18.5 Å². The standard InChI is InChI=1S/C28H32N2O11/c31-20(40-28-23(34)21(32)22(33)24(41-28)27(38)39)14-30-19-9-5-4-8-16(19)11-13-17(25(30)35)29-18(26(36)37)12-10-15-6-2-1-3-7-15/h1-9,17-18,21-24,28-29,32-34H,10-14H2,(H,36,37)(H,38,39)/t17-,18-,21?,22?,23?,24?,28?/m1/s1. The number of nitrogens with zero attached hydrogens (tertiary/aromatic N) is 1. The molecule has 4 rings (SSSR count). The van der Waals surface area contributed by atoms with Crippen LogP contribution in [0.2, 0.25) is 0 Å². The lowest BCUT2D eigenvalue weighted by Crippen LogP contribution is -2.61. The van der Waals surface area contributed by atoms with E-state index in [9.17, 15) is 44.7 Å². The summed E-state index contributed by atoms with van der Waals surface area (Å²) in [6, 6.07) is 14.1. The van der Waals surface area contributed by atoms with E-state index in [1.165, 1.54) is 0 Å². The average Bonchev–Trinajstić information content (AvgIpc) is 3.08. The highest BCUT2D eigenvalue weighted by atomic mass is 16.7. The molecule has 1 amide bonds. The highest BCUT2D eigenvalue weighted by molar-refractivity contribution is 6.02. The molecule has 2 heterocycles. The summed E-state index contributed by atoms with van der Waals surface area (Å²) in [6.45, 7) is -0.682. The van der Waals surface area contributed by atoms with E-state index in [1.807, 2.05) is 30.3 Å². The second-order valence-corrected chi connectivity index (χ2v) is 9.95. The van der Waals surface area contributed by atoms with Gasteiger partial charge < -0.3 is 35.0 Å². The molecular formula is C28H32N2O11. The minimum atomic E-state index is -1.97. The summed E-state index contributed by atoms with van der Waals surface area (Å²) in [7, 11) is 0. The van der Waals surface area contributed by atoms with E-state index in [-0.39, 0.29) is 12.8 Å². The van der Waals surface area contributed by atoms with Crippen LogP contribution in [0.4, 0.5) is 5.69 Å². The van der Waals surface area contributed by atoms with Gasteiger partial charge in [-0.15, -0.1) is 0 Å². The Hall–Kier alpha value is -3.88. The first-order chi connectivity index (χ1) is 19.6. The number of carboxylic acid groups (broad SMARTS) is 2. The fourth-order valence-electron chi connectivity index (χ4n) is 4.96. The van der Waals surface area contributed by atoms with Gasteiger partial charge in [0.1, 0.15) is 30.9 Å². The molecule has 41 heavy (non-hydrogen) atoms. The Morgan fingerprint density at radius 2 is 1.66 bits per heavy atom. The number of carboxylic acids is 2. The third-order valence-corrected chi connectivity index (χ3v) is 7.16. The third-order valence-electron chi connectivity index (χ3n) is 7.16. The van der Waals surface area contributed by atoms with Crippen molar-refractivity contribution in [3.8, 4) is 0 Å². The van der Waals surface area contributed by atoms with Gasteiger partial charge in [-0.25, -0.2) is 4.79 Å². The van der Waals surface area contributed by atoms with Crippen molar-refractivity contribution in [3.63, 3.8) is 0 Å². The summed E-state index contributed by atoms with van der Waals surface area (Å²) in [6.07, 6.45) is -8.44. The normalized spacial score (nSPS) is 26.9. The molecule has 2 aliphatic heterocycles. The zero-order valence-electron chi connectivity index (χ0n) is 21.9. The molecular weight excluding hydrogens is 540 g/mol. The number of anilines is 1. The van der Waals surface area contributed by atoms with E-state index in [4.69, 9.17) is 9.47 Å². The zero-order chi connectivity index (χ0) is 29.7. The molecule has 7 atom stereocenters. The number of carbonyl (C=O) groups excluding carboxylic acids is 2. The summed E-state index contributed by atoms with van der Waals surface area (Å²) in [5.41, 5.74) is 2.07. The minimum absolute atomic E-state index is 0.216. The first-order valence-corrected chi connectivity index (χ1v) is 13.1. The minimum Gasteiger partial charge on any atom is -0.480 e. The molecule has 0 saturated carbocycles. The Labute approximate surface area is 234 Å². The fraction of sp³-hybridized carbons (Fsp3) is 0.429. The maximum absolute atomic E-state index is 13.7. The van der Waals surface area contributed by atoms with Gasteiger partial charge in [-0.2, -0.15) is 0 Å². The van der Waals surface area contributed by atoms with E-state index in [2.05, 4.69) is 5.32 Å². The van der Waals surface area contributed by atoms with Gasteiger partial charge in [0, 0.05) is 5.69 Å². The molecule has 1 fully saturated rings. The van der Waals surface area contributed by atoms with Gasteiger partial charge in [-0.1, -0.05) is 48.5 Å². The first-order valence-electron chi connectivity index (χ1n) is 13.1. The Morgan fingerprint density at radius 3 is 2.34 bits per heavy atom. The number of hydrogen-bond donors (Lipinski definition) is 6. The SMILES string of the molecule is O=C(CN1C(=O)[C@H](N[C@H](CCc2ccccc2)C(=O)O)CCc2ccccc21)OC1OC(C(=O)O)C(O)C(O)C1O. The Balaban J connectivity index is 1.50. The van der Waals surface area contributed by atoms with Crippen LogP contribution in [0.5, 0.6) is 0 Å². The Kier molecular flexibility index (Phi) is 9.68. The summed E-state index contributed by atoms with van der Waals surface area (Å²) >= 11 is 0. The average molecular weight is 573 g/mol. The number of aliphatic hydroxyl groups excluding tert-OH is 3. The number of ether oxygens (including phenoxy) is 2. The van der Waals surface area contributed by atoms with Crippen molar-refractivity contribution in [2.24, 2.45) is 0 Å². The maximum atomic E-state index is 13.7. The molecule has 0 aliphatic carbocycles. The molecule has 6 N–H and O–H groups in total. The number of fused-ring (bicyclic) bond motifs is 1. The monoisotopic (exact) mass is 572 g/mol. The van der Waals surface area contributed by atoms with Crippen LogP contribution < -0.4 is 10.2 Å². The molecule has 0 bridgehead atoms. The number of amides is 1. The number of para-hydroxylation sites is 1. The molecule has 0 spiro atoms.